The first-order valence-corrected chi connectivity index (χ1v) is 21.9. The van der Waals surface area contributed by atoms with Crippen molar-refractivity contribution in [1.29, 1.82) is 10.5 Å². The van der Waals surface area contributed by atoms with E-state index in [2.05, 4.69) is 0 Å². The molecular formula is C55H27F15N4. The second-order valence-corrected chi connectivity index (χ2v) is 17.4. The third-order valence-corrected chi connectivity index (χ3v) is 13.0. The van der Waals surface area contributed by atoms with Crippen LogP contribution in [0.2, 0.25) is 0 Å². The van der Waals surface area contributed by atoms with E-state index in [4.69, 9.17) is 0 Å². The van der Waals surface area contributed by atoms with Gasteiger partial charge in [-0.05, 0) is 119 Å². The second kappa shape index (κ2) is 17.1. The van der Waals surface area contributed by atoms with Crippen molar-refractivity contribution < 1.29 is 65.9 Å². The van der Waals surface area contributed by atoms with Gasteiger partial charge in [-0.1, -0.05) is 66.8 Å². The molecule has 0 amide bonds. The molecule has 0 saturated carbocycles. The van der Waals surface area contributed by atoms with Gasteiger partial charge in [0.25, 0.3) is 0 Å². The molecule has 0 bridgehead atoms. The van der Waals surface area contributed by atoms with Crippen molar-refractivity contribution in [3.8, 4) is 45.8 Å². The number of allylic oxidation sites excluding steroid dienone is 6. The first-order chi connectivity index (χ1) is 34.8. The molecule has 6 aromatic carbocycles. The highest BCUT2D eigenvalue weighted by Gasteiger charge is 2.43. The summed E-state index contributed by atoms with van der Waals surface area (Å²) in [6.45, 7) is 0. The molecule has 2 heterocycles. The molecule has 74 heavy (non-hydrogen) atoms. The number of fused-ring (bicyclic) bond motifs is 6. The fraction of sp³-hybridized carbons (Fsp3) is 0.127. The lowest BCUT2D eigenvalue weighted by atomic mass is 9.91. The first-order valence-electron chi connectivity index (χ1n) is 21.9. The van der Waals surface area contributed by atoms with Crippen molar-refractivity contribution in [2.24, 2.45) is 0 Å². The summed E-state index contributed by atoms with van der Waals surface area (Å²) in [4.78, 5) is 0. The van der Waals surface area contributed by atoms with Gasteiger partial charge in [-0.3, -0.25) is 0 Å². The molecule has 0 spiro atoms. The number of aromatic nitrogens is 2. The SMILES string of the molecule is N#Cc1cc(-c2cc(-n3c4ccccc4c4ccc(-c5ccc(C(F)(F)F)cc5C(F)(F)F)cc43)c(-n3c4c(c5ccc(=C6CC=C(C(F)(F)F)C=C6C(F)(F)F)cc53)CC=CC=4)cc2C#N)cc(C(F)(F)F)c1. The Hall–Kier alpha value is -8.45. The summed E-state index contributed by atoms with van der Waals surface area (Å²) in [6, 6.07) is 24.4. The summed E-state index contributed by atoms with van der Waals surface area (Å²) in [7, 11) is 0. The van der Waals surface area contributed by atoms with Gasteiger partial charge in [0.05, 0.1) is 84.4 Å². The number of nitriles is 2. The van der Waals surface area contributed by atoms with Gasteiger partial charge in [0, 0.05) is 21.7 Å². The van der Waals surface area contributed by atoms with Crippen LogP contribution in [0.25, 0.3) is 78.0 Å². The van der Waals surface area contributed by atoms with Crippen LogP contribution in [0.1, 0.15) is 39.8 Å². The zero-order chi connectivity index (χ0) is 53.0. The molecule has 0 atom stereocenters. The Morgan fingerprint density at radius 1 is 0.500 bits per heavy atom. The number of rotatable bonds is 4. The molecule has 0 fully saturated rings. The van der Waals surface area contributed by atoms with Crippen LogP contribution in [0.5, 0.6) is 0 Å². The molecule has 0 N–H and O–H groups in total. The minimum atomic E-state index is -5.30. The Bertz CT molecular complexity index is 4020. The Morgan fingerprint density at radius 2 is 1.19 bits per heavy atom. The van der Waals surface area contributed by atoms with Crippen LogP contribution in [0.3, 0.4) is 0 Å². The zero-order valence-corrected chi connectivity index (χ0v) is 37.2. The molecule has 372 valence electrons. The van der Waals surface area contributed by atoms with Crippen LogP contribution < -0.4 is 10.6 Å². The van der Waals surface area contributed by atoms with Crippen molar-refractivity contribution >= 4 is 44.4 Å². The summed E-state index contributed by atoms with van der Waals surface area (Å²) in [5.41, 5.74) is -8.95. The lowest BCUT2D eigenvalue weighted by molar-refractivity contribution is -0.143. The average molecular weight is 1030 g/mol. The fourth-order valence-corrected chi connectivity index (χ4v) is 9.79. The van der Waals surface area contributed by atoms with E-state index in [1.54, 1.807) is 53.1 Å². The third-order valence-electron chi connectivity index (χ3n) is 13.0. The molecule has 2 aliphatic carbocycles. The van der Waals surface area contributed by atoms with Gasteiger partial charge < -0.3 is 9.13 Å². The molecule has 0 radical (unpaired) electrons. The van der Waals surface area contributed by atoms with E-state index in [0.717, 1.165) is 6.07 Å². The molecule has 0 aliphatic heterocycles. The van der Waals surface area contributed by atoms with Crippen molar-refractivity contribution in [1.82, 2.24) is 9.13 Å². The lowest BCUT2D eigenvalue weighted by Crippen LogP contribution is -2.23. The van der Waals surface area contributed by atoms with Crippen LogP contribution in [0, 0.1) is 22.7 Å². The number of hydrogen-bond acceptors (Lipinski definition) is 2. The topological polar surface area (TPSA) is 57.4 Å². The predicted octanol–water partition coefficient (Wildman–Crippen LogP) is 15.3. The Morgan fingerprint density at radius 3 is 1.86 bits per heavy atom. The summed E-state index contributed by atoms with van der Waals surface area (Å²) < 4.78 is 218. The highest BCUT2D eigenvalue weighted by Crippen LogP contribution is 2.46. The van der Waals surface area contributed by atoms with Gasteiger partial charge in [-0.2, -0.15) is 76.4 Å². The molecule has 10 rings (SSSR count). The number of hydrogen-bond donors (Lipinski definition) is 0. The van der Waals surface area contributed by atoms with Crippen LogP contribution in [0.15, 0.2) is 145 Å². The van der Waals surface area contributed by atoms with Crippen molar-refractivity contribution in [2.45, 2.75) is 43.7 Å². The zero-order valence-electron chi connectivity index (χ0n) is 37.2. The summed E-state index contributed by atoms with van der Waals surface area (Å²) in [6.07, 6.45) is -20.7. The summed E-state index contributed by atoms with van der Waals surface area (Å²) in [5.74, 6) is 0. The van der Waals surface area contributed by atoms with E-state index in [-0.39, 0.29) is 68.4 Å². The molecule has 8 aromatic rings. The maximum Gasteiger partial charge on any atom is 0.417 e. The van der Waals surface area contributed by atoms with Crippen LogP contribution in [-0.4, -0.2) is 21.5 Å². The van der Waals surface area contributed by atoms with Gasteiger partial charge in [0.15, 0.2) is 0 Å². The fourth-order valence-electron chi connectivity index (χ4n) is 9.79. The number of benzene rings is 6. The van der Waals surface area contributed by atoms with E-state index in [1.807, 2.05) is 6.07 Å². The van der Waals surface area contributed by atoms with E-state index in [1.165, 1.54) is 53.1 Å². The molecule has 2 aromatic heterocycles. The molecule has 0 saturated heterocycles. The van der Waals surface area contributed by atoms with Gasteiger partial charge in [0.1, 0.15) is 0 Å². The van der Waals surface area contributed by atoms with Crippen LogP contribution in [-0.2, 0) is 24.9 Å². The number of nitrogens with zero attached hydrogens (tertiary/aromatic N) is 4. The number of alkyl halides is 15. The van der Waals surface area contributed by atoms with E-state index >= 15 is 0 Å². The molecular weight excluding hydrogens is 1000 g/mol. The maximum atomic E-state index is 14.7. The van der Waals surface area contributed by atoms with E-state index in [9.17, 15) is 76.4 Å². The first kappa shape index (κ1) is 49.1. The van der Waals surface area contributed by atoms with Crippen molar-refractivity contribution in [3.63, 3.8) is 0 Å². The highest BCUT2D eigenvalue weighted by atomic mass is 19.4. The summed E-state index contributed by atoms with van der Waals surface area (Å²) in [5, 5.41) is 22.2. The van der Waals surface area contributed by atoms with Crippen LogP contribution >= 0.6 is 0 Å². The monoisotopic (exact) mass is 1030 g/mol. The standard InChI is InChI=1S/C55H27F15N4/c56-51(57,58)33-11-15-36(43(23-33)54(65,66)67)29-9-13-40-38-5-1-3-7-45(38)73(47(40)20-29)49-22-32(27-72)42(31-17-28(26-71)18-35(19-31)53(62,63)64)25-50(49)74-46-8-4-2-6-39(46)41-14-10-30(21-48(41)74)37-16-12-34(52(59,60)61)24-44(37)55(68,69)70/h1-4,6-14,16-25H,5,15H2. The predicted molar refractivity (Wildman–Crippen MR) is 246 cm³/mol. The summed E-state index contributed by atoms with van der Waals surface area (Å²) >= 11 is 0. The quantitative estimate of drug-likeness (QED) is 0.165. The second-order valence-electron chi connectivity index (χ2n) is 17.4. The van der Waals surface area contributed by atoms with Crippen molar-refractivity contribution in [2.75, 3.05) is 0 Å². The normalized spacial score (nSPS) is 15.2. The van der Waals surface area contributed by atoms with E-state index in [0.29, 0.717) is 62.9 Å². The van der Waals surface area contributed by atoms with Gasteiger partial charge in [0.2, 0.25) is 0 Å². The molecule has 19 heteroatoms. The van der Waals surface area contributed by atoms with Gasteiger partial charge in [-0.25, -0.2) is 0 Å². The van der Waals surface area contributed by atoms with Crippen LogP contribution in [0.4, 0.5) is 65.9 Å². The molecule has 0 unspecified atom stereocenters. The number of para-hydroxylation sites is 1. The Kier molecular flexibility index (Phi) is 11.3. The molecule has 4 nitrogen and oxygen atoms in total. The minimum absolute atomic E-state index is 0.00580. The van der Waals surface area contributed by atoms with Gasteiger partial charge >= 0.3 is 30.9 Å². The highest BCUT2D eigenvalue weighted by molar-refractivity contribution is 6.11. The largest absolute Gasteiger partial charge is 0.417 e. The average Bonchev–Trinajstić information content (AvgIpc) is 3.86. The van der Waals surface area contributed by atoms with Crippen molar-refractivity contribution in [3.05, 3.63) is 189 Å². The van der Waals surface area contributed by atoms with E-state index < -0.39 is 81.8 Å². The minimum Gasteiger partial charge on any atom is -0.307 e. The Balaban J connectivity index is 1.36. The van der Waals surface area contributed by atoms with Gasteiger partial charge in [-0.15, -0.1) is 0 Å². The smallest absolute Gasteiger partial charge is 0.307 e. The molecule has 2 aliphatic rings. The lowest BCUT2D eigenvalue weighted by Gasteiger charge is -2.21. The number of halogens is 15. The third kappa shape index (κ3) is 8.45. The maximum absolute atomic E-state index is 14.7. The Labute approximate surface area is 407 Å².